The Morgan fingerprint density at radius 1 is 1.04 bits per heavy atom. The van der Waals surface area contributed by atoms with Crippen LogP contribution in [-0.2, 0) is 16.0 Å². The molecule has 0 atom stereocenters. The van der Waals surface area contributed by atoms with Crippen molar-refractivity contribution in [2.24, 2.45) is 0 Å². The van der Waals surface area contributed by atoms with E-state index >= 15 is 0 Å². The Morgan fingerprint density at radius 2 is 1.78 bits per heavy atom. The molecule has 0 unspecified atom stereocenters. The zero-order chi connectivity index (χ0) is 16.8. The van der Waals surface area contributed by atoms with Crippen LogP contribution in [0.3, 0.4) is 0 Å². The van der Waals surface area contributed by atoms with Gasteiger partial charge in [-0.15, -0.1) is 0 Å². The summed E-state index contributed by atoms with van der Waals surface area (Å²) in [5.41, 5.74) is 3.08. The number of halogens is 1. The maximum absolute atomic E-state index is 13.5. The van der Waals surface area contributed by atoms with Gasteiger partial charge in [-0.25, -0.2) is 4.39 Å². The number of hydrogen-bond donors (Lipinski definition) is 2. The number of rotatable bonds is 5. The third-order valence-electron chi connectivity index (χ3n) is 3.41. The first kappa shape index (κ1) is 16.7. The van der Waals surface area contributed by atoms with Crippen LogP contribution in [0.25, 0.3) is 0 Å². The number of nitrogens with one attached hydrogen (secondary N) is 2. The van der Waals surface area contributed by atoms with Gasteiger partial charge in [0, 0.05) is 5.69 Å². The van der Waals surface area contributed by atoms with Crippen LogP contribution in [0.4, 0.5) is 10.1 Å². The molecular weight excluding hydrogens is 295 g/mol. The third-order valence-corrected chi connectivity index (χ3v) is 3.41. The zero-order valence-electron chi connectivity index (χ0n) is 13.2. The molecule has 0 aliphatic heterocycles. The highest BCUT2D eigenvalue weighted by molar-refractivity contribution is 5.95. The minimum absolute atomic E-state index is 0.0937. The monoisotopic (exact) mass is 314 g/mol. The first-order chi connectivity index (χ1) is 11.0. The van der Waals surface area contributed by atoms with Crippen LogP contribution in [0.5, 0.6) is 0 Å². The van der Waals surface area contributed by atoms with Gasteiger partial charge in [-0.3, -0.25) is 9.59 Å². The van der Waals surface area contributed by atoms with Crippen LogP contribution >= 0.6 is 0 Å². The minimum Gasteiger partial charge on any atom is -0.347 e. The van der Waals surface area contributed by atoms with Gasteiger partial charge in [-0.05, 0) is 37.1 Å². The average molecular weight is 314 g/mol. The summed E-state index contributed by atoms with van der Waals surface area (Å²) in [5.74, 6) is -1.15. The molecule has 23 heavy (non-hydrogen) atoms. The summed E-state index contributed by atoms with van der Waals surface area (Å²) in [6.07, 6.45) is -0.0937. The van der Waals surface area contributed by atoms with E-state index in [9.17, 15) is 14.0 Å². The summed E-state index contributed by atoms with van der Waals surface area (Å²) in [6, 6.07) is 11.8. The fourth-order valence-corrected chi connectivity index (χ4v) is 2.20. The molecule has 0 bridgehead atoms. The molecule has 0 aliphatic rings. The number of carbonyl (C=O) groups excluding carboxylic acids is 2. The molecule has 2 aromatic rings. The molecule has 2 rings (SSSR count). The molecule has 0 heterocycles. The molecule has 2 N–H and O–H groups in total. The Bertz CT molecular complexity index is 729. The predicted molar refractivity (Wildman–Crippen MR) is 87.7 cm³/mol. The lowest BCUT2D eigenvalue weighted by Crippen LogP contribution is -2.34. The Labute approximate surface area is 134 Å². The number of anilines is 1. The topological polar surface area (TPSA) is 58.2 Å². The smallest absolute Gasteiger partial charge is 0.243 e. The van der Waals surface area contributed by atoms with E-state index in [4.69, 9.17) is 0 Å². The molecule has 0 aromatic heterocycles. The van der Waals surface area contributed by atoms with Crippen LogP contribution < -0.4 is 10.6 Å². The van der Waals surface area contributed by atoms with Crippen molar-refractivity contribution in [3.8, 4) is 0 Å². The minimum atomic E-state index is -0.428. The van der Waals surface area contributed by atoms with Gasteiger partial charge >= 0.3 is 0 Å². The molecule has 2 aromatic carbocycles. The van der Waals surface area contributed by atoms with E-state index in [1.807, 2.05) is 32.0 Å². The Balaban J connectivity index is 1.84. The van der Waals surface area contributed by atoms with Gasteiger partial charge in [0.1, 0.15) is 5.82 Å². The van der Waals surface area contributed by atoms with E-state index < -0.39 is 11.7 Å². The molecule has 0 fully saturated rings. The molecular formula is C18H19FN2O2. The lowest BCUT2D eigenvalue weighted by atomic mass is 10.1. The second-order valence-electron chi connectivity index (χ2n) is 5.41. The van der Waals surface area contributed by atoms with Gasteiger partial charge in [0.05, 0.1) is 13.0 Å². The molecule has 0 saturated carbocycles. The number of benzene rings is 2. The molecule has 0 spiro atoms. The largest absolute Gasteiger partial charge is 0.347 e. The Hall–Kier alpha value is -2.69. The standard InChI is InChI=1S/C18H19FN2O2/c1-12-7-8-16(13(2)9-12)21-18(23)11-20-17(22)10-14-5-3-4-6-15(14)19/h3-9H,10-11H2,1-2H3,(H,20,22)(H,21,23). The summed E-state index contributed by atoms with van der Waals surface area (Å²) in [5, 5.41) is 5.23. The van der Waals surface area contributed by atoms with E-state index in [2.05, 4.69) is 10.6 Å². The quantitative estimate of drug-likeness (QED) is 0.891. The van der Waals surface area contributed by atoms with Crippen LogP contribution in [0, 0.1) is 19.7 Å². The van der Waals surface area contributed by atoms with E-state index in [1.165, 1.54) is 6.07 Å². The van der Waals surface area contributed by atoms with Crippen molar-refractivity contribution in [2.75, 3.05) is 11.9 Å². The number of hydrogen-bond acceptors (Lipinski definition) is 2. The van der Waals surface area contributed by atoms with Crippen LogP contribution in [0.1, 0.15) is 16.7 Å². The lowest BCUT2D eigenvalue weighted by Gasteiger charge is -2.10. The highest BCUT2D eigenvalue weighted by Gasteiger charge is 2.10. The van der Waals surface area contributed by atoms with Crippen LogP contribution in [-0.4, -0.2) is 18.4 Å². The number of amides is 2. The third kappa shape index (κ3) is 4.92. The van der Waals surface area contributed by atoms with Gasteiger partial charge < -0.3 is 10.6 Å². The van der Waals surface area contributed by atoms with Crippen LogP contribution in [0.2, 0.25) is 0 Å². The van der Waals surface area contributed by atoms with E-state index in [1.54, 1.807) is 18.2 Å². The van der Waals surface area contributed by atoms with Crippen molar-refractivity contribution in [3.63, 3.8) is 0 Å². The molecule has 2 amide bonds. The van der Waals surface area contributed by atoms with Crippen molar-refractivity contribution >= 4 is 17.5 Å². The van der Waals surface area contributed by atoms with Gasteiger partial charge in [0.25, 0.3) is 0 Å². The average Bonchev–Trinajstić information content (AvgIpc) is 2.50. The van der Waals surface area contributed by atoms with E-state index in [0.29, 0.717) is 11.3 Å². The van der Waals surface area contributed by atoms with Crippen LogP contribution in [0.15, 0.2) is 42.5 Å². The first-order valence-corrected chi connectivity index (χ1v) is 7.33. The van der Waals surface area contributed by atoms with Crippen molar-refractivity contribution < 1.29 is 14.0 Å². The highest BCUT2D eigenvalue weighted by atomic mass is 19.1. The summed E-state index contributed by atoms with van der Waals surface area (Å²) in [6.45, 7) is 3.72. The van der Waals surface area contributed by atoms with Crippen molar-refractivity contribution in [1.82, 2.24) is 5.32 Å². The molecule has 4 nitrogen and oxygen atoms in total. The Morgan fingerprint density at radius 3 is 2.48 bits per heavy atom. The fourth-order valence-electron chi connectivity index (χ4n) is 2.20. The molecule has 0 aliphatic carbocycles. The van der Waals surface area contributed by atoms with Crippen molar-refractivity contribution in [3.05, 3.63) is 65.0 Å². The van der Waals surface area contributed by atoms with Gasteiger partial charge in [0.2, 0.25) is 11.8 Å². The lowest BCUT2D eigenvalue weighted by molar-refractivity contribution is -0.123. The SMILES string of the molecule is Cc1ccc(NC(=O)CNC(=O)Cc2ccccc2F)c(C)c1. The molecule has 0 radical (unpaired) electrons. The maximum Gasteiger partial charge on any atom is 0.243 e. The second-order valence-corrected chi connectivity index (χ2v) is 5.41. The second kappa shape index (κ2) is 7.54. The van der Waals surface area contributed by atoms with Crippen molar-refractivity contribution in [2.45, 2.75) is 20.3 Å². The van der Waals surface area contributed by atoms with Gasteiger partial charge in [-0.2, -0.15) is 0 Å². The first-order valence-electron chi connectivity index (χ1n) is 7.33. The van der Waals surface area contributed by atoms with E-state index in [0.717, 1.165) is 11.1 Å². The summed E-state index contributed by atoms with van der Waals surface area (Å²) in [7, 11) is 0. The maximum atomic E-state index is 13.5. The normalized spacial score (nSPS) is 10.2. The van der Waals surface area contributed by atoms with Crippen molar-refractivity contribution in [1.29, 1.82) is 0 Å². The highest BCUT2D eigenvalue weighted by Crippen LogP contribution is 2.15. The summed E-state index contributed by atoms with van der Waals surface area (Å²) in [4.78, 5) is 23.6. The molecule has 0 saturated heterocycles. The number of aryl methyl sites for hydroxylation is 2. The van der Waals surface area contributed by atoms with Gasteiger partial charge in [0.15, 0.2) is 0 Å². The summed E-state index contributed by atoms with van der Waals surface area (Å²) < 4.78 is 13.5. The Kier molecular flexibility index (Phi) is 5.46. The molecule has 120 valence electrons. The van der Waals surface area contributed by atoms with E-state index in [-0.39, 0.29) is 18.9 Å². The van der Waals surface area contributed by atoms with Gasteiger partial charge in [-0.1, -0.05) is 35.9 Å². The zero-order valence-corrected chi connectivity index (χ0v) is 13.2. The molecule has 5 heteroatoms. The summed E-state index contributed by atoms with van der Waals surface area (Å²) >= 11 is 0. The number of carbonyl (C=O) groups is 2. The fraction of sp³-hybridized carbons (Fsp3) is 0.222. The predicted octanol–water partition coefficient (Wildman–Crippen LogP) is 2.74.